The largest absolute Gasteiger partial charge is 0.486 e. The molecule has 0 spiro atoms. The zero-order valence-corrected chi connectivity index (χ0v) is 19.0. The number of carbonyl (C=O) groups is 2. The molecule has 0 saturated carbocycles. The second-order valence-electron chi connectivity index (χ2n) is 7.05. The van der Waals surface area contributed by atoms with Crippen LogP contribution >= 0.6 is 11.8 Å². The number of amidine groups is 1. The summed E-state index contributed by atoms with van der Waals surface area (Å²) >= 11 is 0.591. The average Bonchev–Trinajstić information content (AvgIpc) is 2.77. The number of nitrogens with one attached hydrogen (secondary N) is 2. The van der Waals surface area contributed by atoms with Gasteiger partial charge in [0.1, 0.15) is 17.4 Å². The van der Waals surface area contributed by atoms with E-state index in [0.29, 0.717) is 30.0 Å². The Balaban J connectivity index is 2.28. The van der Waals surface area contributed by atoms with Gasteiger partial charge in [-0.2, -0.15) is 13.2 Å². The van der Waals surface area contributed by atoms with Crippen molar-refractivity contribution < 1.29 is 27.5 Å². The van der Waals surface area contributed by atoms with Gasteiger partial charge in [-0.1, -0.05) is 31.5 Å². The maximum Gasteiger partial charge on any atom is 0.419 e. The van der Waals surface area contributed by atoms with Gasteiger partial charge in [-0.25, -0.2) is 0 Å². The molecule has 2 aromatic rings. The van der Waals surface area contributed by atoms with Crippen LogP contribution in [-0.2, 0) is 11.0 Å². The summed E-state index contributed by atoms with van der Waals surface area (Å²) in [5.41, 5.74) is -0.0639. The molecule has 2 aromatic carbocycles. The van der Waals surface area contributed by atoms with Gasteiger partial charge in [-0.3, -0.25) is 25.3 Å². The summed E-state index contributed by atoms with van der Waals surface area (Å²) in [7, 11) is 0. The van der Waals surface area contributed by atoms with E-state index >= 15 is 0 Å². The Hall–Kier alpha value is -3.14. The van der Waals surface area contributed by atoms with E-state index in [1.807, 2.05) is 6.92 Å². The fourth-order valence-corrected chi connectivity index (χ4v) is 3.65. The first-order chi connectivity index (χ1) is 15.6. The number of alkyl halides is 3. The van der Waals surface area contributed by atoms with Gasteiger partial charge in [-0.15, -0.1) is 0 Å². The van der Waals surface area contributed by atoms with Gasteiger partial charge in [0.25, 0.3) is 5.91 Å². The van der Waals surface area contributed by atoms with Crippen LogP contribution in [0.3, 0.4) is 0 Å². The zero-order chi connectivity index (χ0) is 24.6. The van der Waals surface area contributed by atoms with Crippen molar-refractivity contribution in [3.05, 3.63) is 64.7 Å². The lowest BCUT2D eigenvalue weighted by molar-refractivity contribution is -0.139. The molecule has 0 aliphatic carbocycles. The normalized spacial score (nSPS) is 11.1. The molecular weight excluding hydrogens is 455 g/mol. The number of nitrogens with zero attached hydrogens (tertiary/aromatic N) is 1. The highest BCUT2D eigenvalue weighted by Crippen LogP contribution is 2.37. The molecule has 0 aliphatic heterocycles. The fraction of sp³-hybridized carbons (Fsp3) is 0.304. The van der Waals surface area contributed by atoms with E-state index in [9.17, 15) is 22.8 Å². The van der Waals surface area contributed by atoms with E-state index in [1.165, 1.54) is 11.0 Å². The second kappa shape index (κ2) is 11.6. The molecule has 0 atom stereocenters. The zero-order valence-electron chi connectivity index (χ0n) is 18.2. The highest BCUT2D eigenvalue weighted by molar-refractivity contribution is 8.26. The van der Waals surface area contributed by atoms with Crippen LogP contribution in [0.15, 0.2) is 42.5 Å². The number of aldehydes is 1. The Morgan fingerprint density at radius 2 is 1.88 bits per heavy atom. The number of amides is 1. The first-order valence-corrected chi connectivity index (χ1v) is 10.9. The van der Waals surface area contributed by atoms with Crippen LogP contribution in [0, 0.1) is 17.7 Å². The molecule has 33 heavy (non-hydrogen) atoms. The van der Waals surface area contributed by atoms with Crippen LogP contribution in [0.1, 0.15) is 46.8 Å². The molecule has 0 aliphatic rings. The number of halogens is 3. The fourth-order valence-electron chi connectivity index (χ4n) is 2.92. The molecule has 0 heterocycles. The molecule has 2 rings (SSSR count). The molecule has 176 valence electrons. The van der Waals surface area contributed by atoms with E-state index < -0.39 is 30.0 Å². The van der Waals surface area contributed by atoms with E-state index in [4.69, 9.17) is 15.6 Å². The molecule has 0 aromatic heterocycles. The monoisotopic (exact) mass is 479 g/mol. The lowest BCUT2D eigenvalue weighted by atomic mass is 10.1. The molecular formula is C23H24F3N3O3S. The number of carbonyl (C=O) groups excluding carboxylic acids is 2. The van der Waals surface area contributed by atoms with E-state index in [1.54, 1.807) is 31.2 Å². The van der Waals surface area contributed by atoms with Gasteiger partial charge in [0.15, 0.2) is 11.5 Å². The standard InChI is InChI=1S/C23H24F3N3O3S/c1-3-4-11-29(21(31)17-8-6-5-7-15(17)2)22(28)33-20(27)16-9-10-19(32-13-12-30)18(14-16)23(24,25)26/h5-10,12,14,27-28H,3-4,11,13H2,1-2H3. The van der Waals surface area contributed by atoms with Crippen LogP contribution in [0.4, 0.5) is 13.2 Å². The predicted octanol–water partition coefficient (Wildman–Crippen LogP) is 5.53. The number of ether oxygens (including phenoxy) is 1. The lowest BCUT2D eigenvalue weighted by Gasteiger charge is -2.23. The smallest absolute Gasteiger partial charge is 0.419 e. The lowest BCUT2D eigenvalue weighted by Crippen LogP contribution is -2.36. The number of hydrogen-bond acceptors (Lipinski definition) is 6. The highest BCUT2D eigenvalue weighted by Gasteiger charge is 2.35. The van der Waals surface area contributed by atoms with Crippen molar-refractivity contribution in [3.63, 3.8) is 0 Å². The third-order valence-corrected chi connectivity index (χ3v) is 5.51. The number of benzene rings is 2. The first kappa shape index (κ1) is 26.1. The van der Waals surface area contributed by atoms with Crippen molar-refractivity contribution in [1.82, 2.24) is 4.90 Å². The van der Waals surface area contributed by atoms with Gasteiger partial charge >= 0.3 is 6.18 Å². The number of thioether (sulfide) groups is 1. The highest BCUT2D eigenvalue weighted by atomic mass is 32.2. The van der Waals surface area contributed by atoms with E-state index in [0.717, 1.165) is 24.1 Å². The third-order valence-electron chi connectivity index (χ3n) is 4.65. The molecule has 6 nitrogen and oxygen atoms in total. The van der Waals surface area contributed by atoms with Crippen molar-refractivity contribution in [3.8, 4) is 5.75 Å². The van der Waals surface area contributed by atoms with Gasteiger partial charge < -0.3 is 4.74 Å². The number of rotatable bonds is 8. The Morgan fingerprint density at radius 1 is 1.18 bits per heavy atom. The summed E-state index contributed by atoms with van der Waals surface area (Å²) in [5.74, 6) is -0.925. The third kappa shape index (κ3) is 6.92. The van der Waals surface area contributed by atoms with Crippen LogP contribution in [0.2, 0.25) is 0 Å². The van der Waals surface area contributed by atoms with Crippen molar-refractivity contribution in [2.75, 3.05) is 13.2 Å². The molecule has 0 unspecified atom stereocenters. The predicted molar refractivity (Wildman–Crippen MR) is 122 cm³/mol. The summed E-state index contributed by atoms with van der Waals surface area (Å²) in [5, 5.41) is 16.1. The maximum absolute atomic E-state index is 13.4. The van der Waals surface area contributed by atoms with Crippen LogP contribution < -0.4 is 4.74 Å². The first-order valence-electron chi connectivity index (χ1n) is 10.1. The molecule has 1 amide bonds. The van der Waals surface area contributed by atoms with E-state index in [-0.39, 0.29) is 22.3 Å². The second-order valence-corrected chi connectivity index (χ2v) is 8.05. The number of aryl methyl sites for hydroxylation is 1. The summed E-state index contributed by atoms with van der Waals surface area (Å²) in [6.45, 7) is 3.42. The minimum absolute atomic E-state index is 0.0886. The van der Waals surface area contributed by atoms with Crippen molar-refractivity contribution in [1.29, 1.82) is 10.8 Å². The average molecular weight is 480 g/mol. The van der Waals surface area contributed by atoms with Gasteiger partial charge in [0.2, 0.25) is 0 Å². The van der Waals surface area contributed by atoms with Crippen molar-refractivity contribution >= 4 is 34.2 Å². The molecule has 0 radical (unpaired) electrons. The van der Waals surface area contributed by atoms with Gasteiger partial charge in [-0.05, 0) is 54.9 Å². The Labute approximate surface area is 194 Å². The van der Waals surface area contributed by atoms with Gasteiger partial charge in [0, 0.05) is 17.7 Å². The summed E-state index contributed by atoms with van der Waals surface area (Å²) in [6, 6.07) is 9.95. The maximum atomic E-state index is 13.4. The minimum Gasteiger partial charge on any atom is -0.486 e. The van der Waals surface area contributed by atoms with Gasteiger partial charge in [0.05, 0.1) is 5.56 Å². The SMILES string of the molecule is CCCCN(C(=N)SC(=N)c1ccc(OCC=O)c(C(F)(F)F)c1)C(=O)c1ccccc1C. The quantitative estimate of drug-likeness (QED) is 0.296. The molecule has 2 N–H and O–H groups in total. The Bertz CT molecular complexity index is 1040. The molecule has 0 saturated heterocycles. The topological polar surface area (TPSA) is 94.3 Å². The van der Waals surface area contributed by atoms with Crippen LogP contribution in [-0.4, -0.2) is 40.5 Å². The van der Waals surface area contributed by atoms with Crippen molar-refractivity contribution in [2.24, 2.45) is 0 Å². The summed E-state index contributed by atoms with van der Waals surface area (Å²) < 4.78 is 45.2. The number of unbranched alkanes of at least 4 members (excludes halogenated alkanes) is 1. The minimum atomic E-state index is -4.76. The molecule has 10 heteroatoms. The number of hydrogen-bond donors (Lipinski definition) is 2. The summed E-state index contributed by atoms with van der Waals surface area (Å²) in [4.78, 5) is 24.8. The van der Waals surface area contributed by atoms with Crippen LogP contribution in [0.25, 0.3) is 0 Å². The van der Waals surface area contributed by atoms with Crippen molar-refractivity contribution in [2.45, 2.75) is 32.9 Å². The molecule has 0 bridgehead atoms. The van der Waals surface area contributed by atoms with Crippen LogP contribution in [0.5, 0.6) is 5.75 Å². The summed E-state index contributed by atoms with van der Waals surface area (Å²) in [6.07, 6.45) is -3.04. The molecule has 0 fully saturated rings. The van der Waals surface area contributed by atoms with E-state index in [2.05, 4.69) is 0 Å². The Morgan fingerprint density at radius 3 is 2.48 bits per heavy atom. The Kier molecular flexibility index (Phi) is 9.22.